The monoisotopic (exact) mass is 349 g/mol. The summed E-state index contributed by atoms with van der Waals surface area (Å²) in [6.07, 6.45) is 0.578. The van der Waals surface area contributed by atoms with Crippen molar-refractivity contribution in [1.82, 2.24) is 4.90 Å². The molecule has 24 heavy (non-hydrogen) atoms. The Hall–Kier alpha value is -2.15. The summed E-state index contributed by atoms with van der Waals surface area (Å²) in [5.74, 6) is -0.712. The summed E-state index contributed by atoms with van der Waals surface area (Å²) in [4.78, 5) is 26.3. The minimum atomic E-state index is -1.21. The molecular weight excluding hydrogens is 330 g/mol. The van der Waals surface area contributed by atoms with Gasteiger partial charge >= 0.3 is 11.2 Å². The first-order chi connectivity index (χ1) is 11.6. The molecule has 6 nitrogen and oxygen atoms in total. The number of nitrogens with zero attached hydrogens (tertiary/aromatic N) is 1. The maximum absolute atomic E-state index is 13.1. The van der Waals surface area contributed by atoms with Crippen molar-refractivity contribution < 1.29 is 23.8 Å². The number of hydrogen-bond donors (Lipinski definition) is 0. The highest BCUT2D eigenvalue weighted by molar-refractivity contribution is 7.79. The van der Waals surface area contributed by atoms with Gasteiger partial charge in [-0.3, -0.25) is 9.59 Å². The van der Waals surface area contributed by atoms with Crippen molar-refractivity contribution >= 4 is 29.3 Å². The fourth-order valence-electron chi connectivity index (χ4n) is 3.24. The van der Waals surface area contributed by atoms with Gasteiger partial charge in [0.25, 0.3) is 5.91 Å². The van der Waals surface area contributed by atoms with Crippen LogP contribution in [0.5, 0.6) is 0 Å². The molecule has 0 radical (unpaired) electrons. The molecule has 1 spiro atoms. The maximum atomic E-state index is 13.1. The fourth-order valence-corrected chi connectivity index (χ4v) is 3.49. The average molecular weight is 349 g/mol. The summed E-state index contributed by atoms with van der Waals surface area (Å²) >= 11 is 5.06. The number of esters is 1. The van der Waals surface area contributed by atoms with Crippen molar-refractivity contribution in [2.75, 3.05) is 19.7 Å². The number of carbonyl (C=O) groups excluding carboxylic acids is 2. The summed E-state index contributed by atoms with van der Waals surface area (Å²) in [6.45, 7) is 2.40. The first-order valence-electron chi connectivity index (χ1n) is 7.96. The molecular formula is C17H19NO5S. The van der Waals surface area contributed by atoms with Crippen molar-refractivity contribution in [1.29, 1.82) is 0 Å². The van der Waals surface area contributed by atoms with E-state index in [0.717, 1.165) is 5.56 Å². The van der Waals surface area contributed by atoms with E-state index in [1.54, 1.807) is 6.92 Å². The second kappa shape index (κ2) is 6.76. The lowest BCUT2D eigenvalue weighted by Gasteiger charge is -2.39. The molecule has 0 bridgehead atoms. The third kappa shape index (κ3) is 2.96. The Balaban J connectivity index is 1.87. The Bertz CT molecular complexity index is 650. The SMILES string of the molecule is CCOC(=O)CN1CCC[C@]2(OC(=S)O[C@H]2c2ccccc2)C1=O. The minimum Gasteiger partial charge on any atom is -0.465 e. The van der Waals surface area contributed by atoms with Crippen LogP contribution in [-0.2, 0) is 23.8 Å². The third-order valence-corrected chi connectivity index (χ3v) is 4.44. The predicted molar refractivity (Wildman–Crippen MR) is 89.1 cm³/mol. The lowest BCUT2D eigenvalue weighted by molar-refractivity contribution is -0.162. The topological polar surface area (TPSA) is 65.1 Å². The van der Waals surface area contributed by atoms with Gasteiger partial charge in [-0.25, -0.2) is 0 Å². The molecule has 2 heterocycles. The van der Waals surface area contributed by atoms with Gasteiger partial charge in [-0.2, -0.15) is 0 Å². The minimum absolute atomic E-state index is 0.0322. The molecule has 2 fully saturated rings. The van der Waals surface area contributed by atoms with Crippen LogP contribution < -0.4 is 0 Å². The Morgan fingerprint density at radius 1 is 1.42 bits per heavy atom. The van der Waals surface area contributed by atoms with E-state index in [4.69, 9.17) is 26.4 Å². The van der Waals surface area contributed by atoms with Gasteiger partial charge in [-0.15, -0.1) is 0 Å². The first-order valence-corrected chi connectivity index (χ1v) is 8.37. The third-order valence-electron chi connectivity index (χ3n) is 4.26. The molecule has 128 valence electrons. The largest absolute Gasteiger partial charge is 0.465 e. The lowest BCUT2D eigenvalue weighted by atomic mass is 9.83. The van der Waals surface area contributed by atoms with Crippen molar-refractivity contribution in [3.63, 3.8) is 0 Å². The summed E-state index contributed by atoms with van der Waals surface area (Å²) in [6, 6.07) is 9.39. The molecule has 1 aromatic carbocycles. The number of rotatable bonds is 4. The first kappa shape index (κ1) is 16.7. The molecule has 2 aliphatic rings. The highest BCUT2D eigenvalue weighted by Gasteiger charge is 2.59. The highest BCUT2D eigenvalue weighted by Crippen LogP contribution is 2.45. The number of carbonyl (C=O) groups is 2. The standard InChI is InChI=1S/C17H19NO5S/c1-2-21-13(19)11-18-10-6-9-17(15(18)20)14(22-16(24)23-17)12-7-4-3-5-8-12/h3-5,7-8,14H,2,6,9-11H2,1H3/t14-,17+/m0/s1. The lowest BCUT2D eigenvalue weighted by Crippen LogP contribution is -2.57. The molecule has 3 rings (SSSR count). The van der Waals surface area contributed by atoms with Crippen molar-refractivity contribution in [3.8, 4) is 0 Å². The smallest absolute Gasteiger partial charge is 0.354 e. The van der Waals surface area contributed by atoms with E-state index in [-0.39, 0.29) is 24.3 Å². The van der Waals surface area contributed by atoms with E-state index in [0.29, 0.717) is 19.4 Å². The Kier molecular flexibility index (Phi) is 4.71. The second-order valence-corrected chi connectivity index (χ2v) is 6.12. The Labute approximate surface area is 145 Å². The van der Waals surface area contributed by atoms with Crippen LogP contribution >= 0.6 is 12.2 Å². The average Bonchev–Trinajstić information content (AvgIpc) is 2.90. The van der Waals surface area contributed by atoms with Crippen LogP contribution in [0.15, 0.2) is 30.3 Å². The van der Waals surface area contributed by atoms with Gasteiger partial charge < -0.3 is 19.1 Å². The Morgan fingerprint density at radius 3 is 2.88 bits per heavy atom. The van der Waals surface area contributed by atoms with Gasteiger partial charge in [0.15, 0.2) is 6.10 Å². The van der Waals surface area contributed by atoms with Gasteiger partial charge in [-0.05, 0) is 18.9 Å². The van der Waals surface area contributed by atoms with Crippen LogP contribution in [0.3, 0.4) is 0 Å². The number of thiocarbonyl (C=S) groups is 1. The van der Waals surface area contributed by atoms with E-state index < -0.39 is 17.7 Å². The summed E-state index contributed by atoms with van der Waals surface area (Å²) in [7, 11) is 0. The molecule has 1 amide bonds. The van der Waals surface area contributed by atoms with Gasteiger partial charge in [0.05, 0.1) is 6.61 Å². The number of likely N-dealkylation sites (tertiary alicyclic amines) is 1. The summed E-state index contributed by atoms with van der Waals surface area (Å²) in [5.41, 5.74) is -0.382. The van der Waals surface area contributed by atoms with Crippen LogP contribution in [-0.4, -0.2) is 47.3 Å². The molecule has 0 N–H and O–H groups in total. The van der Waals surface area contributed by atoms with Crippen LogP contribution in [0.1, 0.15) is 31.4 Å². The number of benzene rings is 1. The molecule has 2 atom stereocenters. The van der Waals surface area contributed by atoms with E-state index in [1.165, 1.54) is 4.90 Å². The number of hydrogen-bond acceptors (Lipinski definition) is 6. The van der Waals surface area contributed by atoms with Crippen molar-refractivity contribution in [2.24, 2.45) is 0 Å². The molecule has 0 aromatic heterocycles. The quantitative estimate of drug-likeness (QED) is 0.612. The van der Waals surface area contributed by atoms with Gasteiger partial charge in [0.1, 0.15) is 6.54 Å². The van der Waals surface area contributed by atoms with Crippen LogP contribution in [0, 0.1) is 0 Å². The molecule has 0 aliphatic carbocycles. The molecule has 1 aromatic rings. The van der Waals surface area contributed by atoms with Crippen molar-refractivity contribution in [3.05, 3.63) is 35.9 Å². The zero-order chi connectivity index (χ0) is 17.2. The van der Waals surface area contributed by atoms with E-state index in [9.17, 15) is 9.59 Å². The molecule has 0 unspecified atom stereocenters. The normalized spacial score (nSPS) is 26.2. The van der Waals surface area contributed by atoms with E-state index in [2.05, 4.69) is 0 Å². The highest BCUT2D eigenvalue weighted by atomic mass is 32.1. The number of ether oxygens (including phenoxy) is 3. The molecule has 0 saturated carbocycles. The number of piperidine rings is 1. The predicted octanol–water partition coefficient (Wildman–Crippen LogP) is 1.98. The zero-order valence-corrected chi connectivity index (χ0v) is 14.2. The second-order valence-electron chi connectivity index (χ2n) is 5.79. The van der Waals surface area contributed by atoms with Crippen LogP contribution in [0.4, 0.5) is 0 Å². The van der Waals surface area contributed by atoms with E-state index >= 15 is 0 Å². The molecule has 2 aliphatic heterocycles. The van der Waals surface area contributed by atoms with Crippen molar-refractivity contribution in [2.45, 2.75) is 31.5 Å². The van der Waals surface area contributed by atoms with Gasteiger partial charge in [0.2, 0.25) is 5.60 Å². The maximum Gasteiger partial charge on any atom is 0.354 e. The molecule has 7 heteroatoms. The van der Waals surface area contributed by atoms with Crippen LogP contribution in [0.2, 0.25) is 0 Å². The van der Waals surface area contributed by atoms with E-state index in [1.807, 2.05) is 30.3 Å². The number of amides is 1. The summed E-state index contributed by atoms with van der Waals surface area (Å²) < 4.78 is 16.3. The van der Waals surface area contributed by atoms with Gasteiger partial charge in [-0.1, -0.05) is 30.3 Å². The van der Waals surface area contributed by atoms with Crippen LogP contribution in [0.25, 0.3) is 0 Å². The van der Waals surface area contributed by atoms with Gasteiger partial charge in [0, 0.05) is 25.2 Å². The fraction of sp³-hybridized carbons (Fsp3) is 0.471. The molecule has 2 saturated heterocycles. The Morgan fingerprint density at radius 2 is 2.17 bits per heavy atom. The zero-order valence-electron chi connectivity index (χ0n) is 13.4. The summed E-state index contributed by atoms with van der Waals surface area (Å²) in [5, 5.41) is -0.0322.